The number of ether oxygens (including phenoxy) is 1. The fourth-order valence-corrected chi connectivity index (χ4v) is 4.81. The number of rotatable bonds is 5. The third-order valence-electron chi connectivity index (χ3n) is 6.42. The third-order valence-corrected chi connectivity index (χ3v) is 6.42. The fourth-order valence-electron chi connectivity index (χ4n) is 4.81. The molecule has 0 unspecified atom stereocenters. The Labute approximate surface area is 178 Å². The Hall–Kier alpha value is -2.60. The van der Waals surface area contributed by atoms with Crippen LogP contribution < -0.4 is 4.74 Å². The van der Waals surface area contributed by atoms with Gasteiger partial charge in [-0.15, -0.1) is 0 Å². The number of carbonyl (C=O) groups excluding carboxylic acids is 2. The van der Waals surface area contributed by atoms with Crippen LogP contribution in [0.5, 0.6) is 5.75 Å². The van der Waals surface area contributed by atoms with Gasteiger partial charge in [-0.1, -0.05) is 31.0 Å². The van der Waals surface area contributed by atoms with E-state index in [9.17, 15) is 9.59 Å². The van der Waals surface area contributed by atoms with Gasteiger partial charge in [0.05, 0.1) is 6.54 Å². The minimum absolute atomic E-state index is 0.174. The van der Waals surface area contributed by atoms with Crippen LogP contribution in [0.2, 0.25) is 0 Å². The van der Waals surface area contributed by atoms with Crippen LogP contribution >= 0.6 is 0 Å². The van der Waals surface area contributed by atoms with Crippen molar-refractivity contribution < 1.29 is 14.3 Å². The molecule has 0 N–H and O–H groups in total. The Morgan fingerprint density at radius 2 is 1.67 bits per heavy atom. The van der Waals surface area contributed by atoms with Gasteiger partial charge in [0.2, 0.25) is 0 Å². The van der Waals surface area contributed by atoms with E-state index in [1.807, 2.05) is 18.2 Å². The van der Waals surface area contributed by atoms with Crippen molar-refractivity contribution in [3.05, 3.63) is 53.3 Å². The molecule has 2 heterocycles. The fraction of sp³-hybridized carbons (Fsp3) is 0.500. The van der Waals surface area contributed by atoms with Gasteiger partial charge in [0.25, 0.3) is 0 Å². The van der Waals surface area contributed by atoms with E-state index < -0.39 is 0 Å². The van der Waals surface area contributed by atoms with E-state index in [-0.39, 0.29) is 11.9 Å². The molecule has 1 amide bonds. The lowest BCUT2D eigenvalue weighted by Gasteiger charge is -2.33. The lowest BCUT2D eigenvalue weighted by molar-refractivity contribution is 0.0845. The smallest absolute Gasteiger partial charge is 0.410 e. The Morgan fingerprint density at radius 3 is 2.33 bits per heavy atom. The third kappa shape index (κ3) is 4.43. The monoisotopic (exact) mass is 409 g/mol. The quantitative estimate of drug-likeness (QED) is 0.694. The number of Topliss-reactive ketones (excluding diaryl/α,β-unsaturated/α-hetero) is 1. The number of benzene rings is 1. The van der Waals surface area contributed by atoms with Crippen molar-refractivity contribution in [1.82, 2.24) is 14.4 Å². The highest BCUT2D eigenvalue weighted by Gasteiger charge is 2.27. The zero-order valence-electron chi connectivity index (χ0n) is 18.0. The predicted molar refractivity (Wildman–Crippen MR) is 116 cm³/mol. The SMILES string of the molecule is Cc1cc(C(=O)CN2CCN(C(=O)Oc3ccccc3)CC2)c(C)n1C1CCCC1. The molecule has 0 radical (unpaired) electrons. The minimum Gasteiger partial charge on any atom is -0.410 e. The first-order valence-electron chi connectivity index (χ1n) is 11.0. The van der Waals surface area contributed by atoms with E-state index in [4.69, 9.17) is 4.74 Å². The number of aromatic nitrogens is 1. The summed E-state index contributed by atoms with van der Waals surface area (Å²) in [6, 6.07) is 11.7. The number of hydrogen-bond donors (Lipinski definition) is 0. The summed E-state index contributed by atoms with van der Waals surface area (Å²) < 4.78 is 7.79. The summed E-state index contributed by atoms with van der Waals surface area (Å²) in [5, 5.41) is 0. The molecule has 1 aromatic carbocycles. The van der Waals surface area contributed by atoms with Gasteiger partial charge in [-0.2, -0.15) is 0 Å². The highest BCUT2D eigenvalue weighted by atomic mass is 16.6. The molecule has 4 rings (SSSR count). The van der Waals surface area contributed by atoms with Gasteiger partial charge in [0.1, 0.15) is 5.75 Å². The standard InChI is InChI=1S/C24H31N3O3/c1-18-16-22(19(2)27(18)20-8-6-7-9-20)23(28)17-25-12-14-26(15-13-25)24(29)30-21-10-4-3-5-11-21/h3-5,10-11,16,20H,6-9,12-15,17H2,1-2H3. The molecule has 1 aliphatic heterocycles. The summed E-state index contributed by atoms with van der Waals surface area (Å²) >= 11 is 0. The van der Waals surface area contributed by atoms with Gasteiger partial charge in [0, 0.05) is 49.2 Å². The summed E-state index contributed by atoms with van der Waals surface area (Å²) in [4.78, 5) is 29.2. The van der Waals surface area contributed by atoms with Crippen LogP contribution in [-0.4, -0.2) is 59.0 Å². The number of nitrogens with zero attached hydrogens (tertiary/aromatic N) is 3. The molecule has 2 aromatic rings. The predicted octanol–water partition coefficient (Wildman–Crippen LogP) is 4.22. The maximum absolute atomic E-state index is 13.0. The zero-order chi connectivity index (χ0) is 21.1. The average molecular weight is 410 g/mol. The van der Waals surface area contributed by atoms with Gasteiger partial charge in [-0.05, 0) is 44.9 Å². The molecule has 2 aliphatic rings. The summed E-state index contributed by atoms with van der Waals surface area (Å²) in [6.45, 7) is 7.08. The molecule has 6 heteroatoms. The lowest BCUT2D eigenvalue weighted by atomic mass is 10.1. The first-order chi connectivity index (χ1) is 14.5. The molecule has 1 aromatic heterocycles. The van der Waals surface area contributed by atoms with Crippen molar-refractivity contribution in [3.63, 3.8) is 0 Å². The second-order valence-electron chi connectivity index (χ2n) is 8.46. The van der Waals surface area contributed by atoms with Crippen LogP contribution in [0.4, 0.5) is 4.79 Å². The number of carbonyl (C=O) groups is 2. The number of amides is 1. The van der Waals surface area contributed by atoms with Crippen molar-refractivity contribution in [1.29, 1.82) is 0 Å². The molecule has 0 bridgehead atoms. The van der Waals surface area contributed by atoms with Crippen molar-refractivity contribution in [2.75, 3.05) is 32.7 Å². The molecule has 2 fully saturated rings. The zero-order valence-corrected chi connectivity index (χ0v) is 18.0. The van der Waals surface area contributed by atoms with E-state index in [0.29, 0.717) is 44.5 Å². The molecule has 1 saturated heterocycles. The second kappa shape index (κ2) is 9.04. The Morgan fingerprint density at radius 1 is 1.00 bits per heavy atom. The molecule has 1 saturated carbocycles. The van der Waals surface area contributed by atoms with Gasteiger partial charge in [-0.3, -0.25) is 9.69 Å². The minimum atomic E-state index is -0.327. The van der Waals surface area contributed by atoms with E-state index >= 15 is 0 Å². The van der Waals surface area contributed by atoms with Crippen LogP contribution in [0.15, 0.2) is 36.4 Å². The number of aryl methyl sites for hydroxylation is 1. The second-order valence-corrected chi connectivity index (χ2v) is 8.46. The number of hydrogen-bond acceptors (Lipinski definition) is 4. The first-order valence-corrected chi connectivity index (χ1v) is 11.0. The van der Waals surface area contributed by atoms with Crippen LogP contribution in [0.3, 0.4) is 0 Å². The van der Waals surface area contributed by atoms with Crippen LogP contribution in [0.25, 0.3) is 0 Å². The average Bonchev–Trinajstić information content (AvgIpc) is 3.37. The van der Waals surface area contributed by atoms with E-state index in [1.165, 1.54) is 31.4 Å². The molecular formula is C24H31N3O3. The Kier molecular flexibility index (Phi) is 6.23. The van der Waals surface area contributed by atoms with Crippen molar-refractivity contribution in [3.8, 4) is 5.75 Å². The Bertz CT molecular complexity index is 892. The number of piperazine rings is 1. The highest BCUT2D eigenvalue weighted by Crippen LogP contribution is 2.33. The van der Waals surface area contributed by atoms with Crippen molar-refractivity contribution in [2.45, 2.75) is 45.6 Å². The van der Waals surface area contributed by atoms with Gasteiger partial charge >= 0.3 is 6.09 Å². The number of ketones is 1. The normalized spacial score (nSPS) is 18.0. The van der Waals surface area contributed by atoms with Crippen LogP contribution in [0, 0.1) is 13.8 Å². The van der Waals surface area contributed by atoms with E-state index in [2.05, 4.69) is 29.4 Å². The maximum Gasteiger partial charge on any atom is 0.415 e. The molecule has 0 spiro atoms. The van der Waals surface area contributed by atoms with Crippen LogP contribution in [0.1, 0.15) is 53.5 Å². The first kappa shape index (κ1) is 20.7. The summed E-state index contributed by atoms with van der Waals surface area (Å²) in [7, 11) is 0. The van der Waals surface area contributed by atoms with Gasteiger partial charge in [-0.25, -0.2) is 4.79 Å². The maximum atomic E-state index is 13.0. The molecule has 6 nitrogen and oxygen atoms in total. The number of para-hydroxylation sites is 1. The van der Waals surface area contributed by atoms with Gasteiger partial charge < -0.3 is 14.2 Å². The lowest BCUT2D eigenvalue weighted by Crippen LogP contribution is -2.50. The molecule has 30 heavy (non-hydrogen) atoms. The summed E-state index contributed by atoms with van der Waals surface area (Å²) in [5.74, 6) is 0.727. The van der Waals surface area contributed by atoms with E-state index in [1.54, 1.807) is 17.0 Å². The van der Waals surface area contributed by atoms with Crippen molar-refractivity contribution in [2.24, 2.45) is 0 Å². The van der Waals surface area contributed by atoms with E-state index in [0.717, 1.165) is 11.3 Å². The largest absolute Gasteiger partial charge is 0.415 e. The Balaban J connectivity index is 1.31. The molecule has 0 atom stereocenters. The highest BCUT2D eigenvalue weighted by molar-refractivity contribution is 5.99. The molecule has 160 valence electrons. The van der Waals surface area contributed by atoms with Crippen molar-refractivity contribution >= 4 is 11.9 Å². The van der Waals surface area contributed by atoms with Crippen LogP contribution in [-0.2, 0) is 0 Å². The topological polar surface area (TPSA) is 54.8 Å². The molecular weight excluding hydrogens is 378 g/mol. The summed E-state index contributed by atoms with van der Waals surface area (Å²) in [5.41, 5.74) is 3.15. The summed E-state index contributed by atoms with van der Waals surface area (Å²) in [6.07, 6.45) is 4.66. The molecule has 1 aliphatic carbocycles. The van der Waals surface area contributed by atoms with Gasteiger partial charge in [0.15, 0.2) is 5.78 Å².